The maximum atomic E-state index is 11.1. The van der Waals surface area contributed by atoms with E-state index in [1.54, 1.807) is 6.92 Å². The van der Waals surface area contributed by atoms with Gasteiger partial charge in [0, 0.05) is 17.8 Å². The van der Waals surface area contributed by atoms with Gasteiger partial charge in [0.25, 0.3) is 0 Å². The zero-order valence-corrected chi connectivity index (χ0v) is 8.62. The van der Waals surface area contributed by atoms with Crippen LogP contribution in [0, 0.1) is 0 Å². The van der Waals surface area contributed by atoms with E-state index in [1.807, 2.05) is 6.92 Å². The summed E-state index contributed by atoms with van der Waals surface area (Å²) < 4.78 is 4.79. The largest absolute Gasteiger partial charge is 0.463 e. The molecule has 2 atom stereocenters. The van der Waals surface area contributed by atoms with E-state index in [0.29, 0.717) is 19.4 Å². The number of ether oxygens (including phenoxy) is 1. The third-order valence-electron chi connectivity index (χ3n) is 2.28. The number of allylic oxidation sites excluding steroid dienone is 1. The highest BCUT2D eigenvalue weighted by molar-refractivity contribution is 5.82. The van der Waals surface area contributed by atoms with Gasteiger partial charge in [0.1, 0.15) is 0 Å². The molecule has 0 aromatic rings. The second kappa shape index (κ2) is 5.00. The van der Waals surface area contributed by atoms with E-state index in [9.17, 15) is 9.90 Å². The summed E-state index contributed by atoms with van der Waals surface area (Å²) in [6.45, 7) is 4.06. The Balaban J connectivity index is 2.49. The number of aliphatic hydroxyl groups is 1. The van der Waals surface area contributed by atoms with Crippen molar-refractivity contribution < 1.29 is 14.6 Å². The summed E-state index contributed by atoms with van der Waals surface area (Å²) in [6, 6.07) is 0.00410. The molecule has 1 saturated heterocycles. The normalized spacial score (nSPS) is 29.8. The van der Waals surface area contributed by atoms with E-state index in [2.05, 4.69) is 5.32 Å². The minimum Gasteiger partial charge on any atom is -0.463 e. The SMILES string of the molecule is CCOC(=O)/C=C1/CC[C@H](O)[C@H](C)N1. The van der Waals surface area contributed by atoms with Gasteiger partial charge in [-0.2, -0.15) is 0 Å². The zero-order valence-electron chi connectivity index (χ0n) is 8.62. The lowest BCUT2D eigenvalue weighted by Crippen LogP contribution is -2.41. The standard InChI is InChI=1S/C10H17NO3/c1-3-14-10(13)6-8-4-5-9(12)7(2)11-8/h6-7,9,11-12H,3-5H2,1-2H3/b8-6-/t7-,9-/m0/s1. The molecule has 0 unspecified atom stereocenters. The predicted molar refractivity (Wildman–Crippen MR) is 52.6 cm³/mol. The number of esters is 1. The Kier molecular flexibility index (Phi) is 3.95. The molecule has 4 nitrogen and oxygen atoms in total. The van der Waals surface area contributed by atoms with Crippen LogP contribution < -0.4 is 5.32 Å². The van der Waals surface area contributed by atoms with Gasteiger partial charge < -0.3 is 15.2 Å². The Morgan fingerprint density at radius 3 is 3.07 bits per heavy atom. The molecule has 4 heteroatoms. The number of hydrogen-bond acceptors (Lipinski definition) is 4. The van der Waals surface area contributed by atoms with Crippen molar-refractivity contribution in [3.8, 4) is 0 Å². The molecule has 0 spiro atoms. The summed E-state index contributed by atoms with van der Waals surface area (Å²) in [5.74, 6) is -0.321. The quantitative estimate of drug-likeness (QED) is 0.504. The lowest BCUT2D eigenvalue weighted by atomic mass is 10.0. The Morgan fingerprint density at radius 2 is 2.50 bits per heavy atom. The maximum absolute atomic E-state index is 11.1. The third kappa shape index (κ3) is 3.03. The molecule has 1 heterocycles. The van der Waals surface area contributed by atoms with Gasteiger partial charge >= 0.3 is 5.97 Å². The fourth-order valence-electron chi connectivity index (χ4n) is 1.45. The fourth-order valence-corrected chi connectivity index (χ4v) is 1.45. The molecule has 0 saturated carbocycles. The van der Waals surface area contributed by atoms with Crippen LogP contribution in [0.2, 0.25) is 0 Å². The molecule has 14 heavy (non-hydrogen) atoms. The van der Waals surface area contributed by atoms with Crippen LogP contribution in [0.1, 0.15) is 26.7 Å². The minimum atomic E-state index is -0.325. The molecule has 0 aromatic heterocycles. The Bertz CT molecular complexity index is 238. The van der Waals surface area contributed by atoms with Crippen molar-refractivity contribution in [1.29, 1.82) is 0 Å². The van der Waals surface area contributed by atoms with Crippen molar-refractivity contribution in [3.05, 3.63) is 11.8 Å². The van der Waals surface area contributed by atoms with Crippen LogP contribution >= 0.6 is 0 Å². The number of piperidine rings is 1. The van der Waals surface area contributed by atoms with Crippen LogP contribution in [0.5, 0.6) is 0 Å². The first-order valence-corrected chi connectivity index (χ1v) is 4.95. The van der Waals surface area contributed by atoms with Crippen LogP contribution in [0.3, 0.4) is 0 Å². The highest BCUT2D eigenvalue weighted by atomic mass is 16.5. The molecule has 80 valence electrons. The van der Waals surface area contributed by atoms with Crippen molar-refractivity contribution >= 4 is 5.97 Å². The van der Waals surface area contributed by atoms with Crippen molar-refractivity contribution in [1.82, 2.24) is 5.32 Å². The van der Waals surface area contributed by atoms with Crippen LogP contribution in [0.15, 0.2) is 11.8 Å². The van der Waals surface area contributed by atoms with Gasteiger partial charge in [0.05, 0.1) is 12.7 Å². The maximum Gasteiger partial charge on any atom is 0.332 e. The van der Waals surface area contributed by atoms with Gasteiger partial charge in [0.15, 0.2) is 0 Å². The Labute approximate surface area is 83.9 Å². The third-order valence-corrected chi connectivity index (χ3v) is 2.28. The summed E-state index contributed by atoms with van der Waals surface area (Å²) in [4.78, 5) is 11.1. The average molecular weight is 199 g/mol. The first-order valence-electron chi connectivity index (χ1n) is 4.95. The van der Waals surface area contributed by atoms with Crippen LogP contribution in [-0.4, -0.2) is 29.8 Å². The summed E-state index contributed by atoms with van der Waals surface area (Å²) in [5.41, 5.74) is 0.848. The molecule has 0 amide bonds. The number of rotatable bonds is 2. The first kappa shape index (κ1) is 11.0. The molecule has 0 radical (unpaired) electrons. The van der Waals surface area contributed by atoms with Gasteiger partial charge in [-0.1, -0.05) is 0 Å². The van der Waals surface area contributed by atoms with Gasteiger partial charge in [-0.25, -0.2) is 4.79 Å². The monoisotopic (exact) mass is 199 g/mol. The predicted octanol–water partition coefficient (Wildman–Crippen LogP) is 0.566. The van der Waals surface area contributed by atoms with Crippen LogP contribution in [0.25, 0.3) is 0 Å². The van der Waals surface area contributed by atoms with Gasteiger partial charge in [0.2, 0.25) is 0 Å². The van der Waals surface area contributed by atoms with Crippen molar-refractivity contribution in [2.24, 2.45) is 0 Å². The van der Waals surface area contributed by atoms with Gasteiger partial charge in [-0.3, -0.25) is 0 Å². The topological polar surface area (TPSA) is 58.6 Å². The molecule has 0 aliphatic carbocycles. The lowest BCUT2D eigenvalue weighted by molar-refractivity contribution is -0.137. The number of nitrogens with one attached hydrogen (secondary N) is 1. The minimum absolute atomic E-state index is 0.00410. The summed E-state index contributed by atoms with van der Waals surface area (Å²) >= 11 is 0. The second-order valence-electron chi connectivity index (χ2n) is 3.46. The average Bonchev–Trinajstić information content (AvgIpc) is 2.12. The van der Waals surface area contributed by atoms with Gasteiger partial charge in [-0.05, 0) is 26.7 Å². The van der Waals surface area contributed by atoms with E-state index < -0.39 is 0 Å². The first-order chi connectivity index (χ1) is 6.63. The number of aliphatic hydroxyl groups excluding tert-OH is 1. The van der Waals surface area contributed by atoms with E-state index in [4.69, 9.17) is 4.74 Å². The van der Waals surface area contributed by atoms with Crippen molar-refractivity contribution in [3.63, 3.8) is 0 Å². The van der Waals surface area contributed by atoms with E-state index >= 15 is 0 Å². The van der Waals surface area contributed by atoms with E-state index in [0.717, 1.165) is 5.70 Å². The van der Waals surface area contributed by atoms with E-state index in [1.165, 1.54) is 6.08 Å². The molecule has 1 rings (SSSR count). The number of hydrogen-bond donors (Lipinski definition) is 2. The Hall–Kier alpha value is -1.03. The smallest absolute Gasteiger partial charge is 0.332 e. The Morgan fingerprint density at radius 1 is 1.79 bits per heavy atom. The van der Waals surface area contributed by atoms with Crippen LogP contribution in [0.4, 0.5) is 0 Å². The van der Waals surface area contributed by atoms with Crippen LogP contribution in [-0.2, 0) is 9.53 Å². The highest BCUT2D eigenvalue weighted by Gasteiger charge is 2.21. The molecular weight excluding hydrogens is 182 g/mol. The van der Waals surface area contributed by atoms with Crippen molar-refractivity contribution in [2.45, 2.75) is 38.8 Å². The number of carbonyl (C=O) groups is 1. The summed E-state index contributed by atoms with van der Waals surface area (Å²) in [5, 5.41) is 12.5. The molecule has 0 bridgehead atoms. The molecule has 1 aliphatic rings. The molecule has 0 aromatic carbocycles. The second-order valence-corrected chi connectivity index (χ2v) is 3.46. The zero-order chi connectivity index (χ0) is 10.6. The fraction of sp³-hybridized carbons (Fsp3) is 0.700. The number of carbonyl (C=O) groups excluding carboxylic acids is 1. The van der Waals surface area contributed by atoms with Crippen molar-refractivity contribution in [2.75, 3.05) is 6.61 Å². The lowest BCUT2D eigenvalue weighted by Gasteiger charge is -2.28. The molecule has 1 aliphatic heterocycles. The van der Waals surface area contributed by atoms with E-state index in [-0.39, 0.29) is 18.1 Å². The summed E-state index contributed by atoms with van der Waals surface area (Å²) in [6.07, 6.45) is 2.53. The summed E-state index contributed by atoms with van der Waals surface area (Å²) in [7, 11) is 0. The van der Waals surface area contributed by atoms with Gasteiger partial charge in [-0.15, -0.1) is 0 Å². The molecule has 1 fully saturated rings. The highest BCUT2D eigenvalue weighted by Crippen LogP contribution is 2.15. The molecule has 2 N–H and O–H groups in total. The molecular formula is C10H17NO3.